The average Bonchev–Trinajstić information content (AvgIpc) is 2.75. The smallest absolute Gasteiger partial charge is 0.162 e. The molecule has 1 aromatic rings. The van der Waals surface area contributed by atoms with Crippen LogP contribution in [0.3, 0.4) is 0 Å². The summed E-state index contributed by atoms with van der Waals surface area (Å²) in [5.74, 6) is 0.0603. The predicted octanol–water partition coefficient (Wildman–Crippen LogP) is 1.05. The summed E-state index contributed by atoms with van der Waals surface area (Å²) in [5.41, 5.74) is 0.673. The molecule has 2 rings (SSSR count). The molecule has 0 radical (unpaired) electrons. The third-order valence-corrected chi connectivity index (χ3v) is 2.29. The zero-order valence-electron chi connectivity index (χ0n) is 7.56. The molecule has 0 aromatic carbocycles. The van der Waals surface area contributed by atoms with E-state index in [9.17, 15) is 4.79 Å². The molecule has 1 saturated heterocycles. The molecule has 1 fully saturated rings. The number of nitrogens with zero attached hydrogens (tertiary/aromatic N) is 2. The van der Waals surface area contributed by atoms with Crippen LogP contribution in [0.15, 0.2) is 12.4 Å². The van der Waals surface area contributed by atoms with Gasteiger partial charge in [0.15, 0.2) is 5.78 Å². The highest BCUT2D eigenvalue weighted by Crippen LogP contribution is 2.18. The Labute approximate surface area is 76.5 Å². The highest BCUT2D eigenvalue weighted by molar-refractivity contribution is 5.93. The van der Waals surface area contributed by atoms with Crippen molar-refractivity contribution in [1.82, 2.24) is 9.78 Å². The molecule has 0 N–H and O–H groups in total. The second-order valence-corrected chi connectivity index (χ2v) is 3.28. The molecule has 0 spiro atoms. The second kappa shape index (κ2) is 3.30. The summed E-state index contributed by atoms with van der Waals surface area (Å²) in [5, 5.41) is 4.14. The van der Waals surface area contributed by atoms with E-state index >= 15 is 0 Å². The molecule has 1 aromatic heterocycles. The van der Waals surface area contributed by atoms with Gasteiger partial charge in [-0.15, -0.1) is 0 Å². The van der Waals surface area contributed by atoms with Crippen LogP contribution in [-0.4, -0.2) is 28.8 Å². The van der Waals surface area contributed by atoms with Crippen LogP contribution < -0.4 is 0 Å². The molecule has 13 heavy (non-hydrogen) atoms. The van der Waals surface area contributed by atoms with Gasteiger partial charge in [0.2, 0.25) is 0 Å². The number of aromatic nitrogens is 2. The van der Waals surface area contributed by atoms with Crippen molar-refractivity contribution in [3.63, 3.8) is 0 Å². The van der Waals surface area contributed by atoms with Gasteiger partial charge in [0.05, 0.1) is 24.4 Å². The van der Waals surface area contributed by atoms with Crippen molar-refractivity contribution < 1.29 is 9.53 Å². The number of hydrogen-bond donors (Lipinski definition) is 0. The van der Waals surface area contributed by atoms with E-state index in [2.05, 4.69) is 5.10 Å². The van der Waals surface area contributed by atoms with Crippen LogP contribution in [0.5, 0.6) is 0 Å². The van der Waals surface area contributed by atoms with Crippen molar-refractivity contribution in [3.8, 4) is 0 Å². The highest BCUT2D eigenvalue weighted by atomic mass is 16.5. The van der Waals surface area contributed by atoms with Crippen molar-refractivity contribution in [2.45, 2.75) is 19.4 Å². The van der Waals surface area contributed by atoms with Gasteiger partial charge >= 0.3 is 0 Å². The number of ketones is 1. The van der Waals surface area contributed by atoms with Crippen LogP contribution >= 0.6 is 0 Å². The summed E-state index contributed by atoms with van der Waals surface area (Å²) < 4.78 is 7.06. The number of hydrogen-bond acceptors (Lipinski definition) is 3. The Morgan fingerprint density at radius 1 is 1.77 bits per heavy atom. The minimum absolute atomic E-state index is 0.0603. The number of rotatable bonds is 2. The van der Waals surface area contributed by atoms with Gasteiger partial charge < -0.3 is 4.74 Å². The molecule has 4 nitrogen and oxygen atoms in total. The van der Waals surface area contributed by atoms with Crippen LogP contribution in [0.1, 0.15) is 29.7 Å². The van der Waals surface area contributed by atoms with Gasteiger partial charge in [-0.25, -0.2) is 0 Å². The van der Waals surface area contributed by atoms with E-state index in [4.69, 9.17) is 4.74 Å². The molecule has 1 aliphatic rings. The van der Waals surface area contributed by atoms with Crippen LogP contribution in [0.25, 0.3) is 0 Å². The van der Waals surface area contributed by atoms with Gasteiger partial charge in [0.1, 0.15) is 0 Å². The number of carbonyl (C=O) groups excluding carboxylic acids is 1. The van der Waals surface area contributed by atoms with E-state index in [-0.39, 0.29) is 5.78 Å². The first-order chi connectivity index (χ1) is 6.27. The van der Waals surface area contributed by atoms with Gasteiger partial charge in [0, 0.05) is 12.8 Å². The summed E-state index contributed by atoms with van der Waals surface area (Å²) in [6.07, 6.45) is 4.39. The quantitative estimate of drug-likeness (QED) is 0.639. The van der Waals surface area contributed by atoms with Crippen LogP contribution in [0.4, 0.5) is 0 Å². The molecule has 4 heteroatoms. The lowest BCUT2D eigenvalue weighted by Crippen LogP contribution is -2.08. The maximum atomic E-state index is 11.0. The topological polar surface area (TPSA) is 44.1 Å². The molecule has 0 saturated carbocycles. The van der Waals surface area contributed by atoms with E-state index in [1.807, 2.05) is 4.68 Å². The summed E-state index contributed by atoms with van der Waals surface area (Å²) >= 11 is 0. The Morgan fingerprint density at radius 2 is 2.62 bits per heavy atom. The first-order valence-corrected chi connectivity index (χ1v) is 4.40. The van der Waals surface area contributed by atoms with Gasteiger partial charge in [-0.05, 0) is 13.3 Å². The molecular weight excluding hydrogens is 168 g/mol. The monoisotopic (exact) mass is 180 g/mol. The van der Waals surface area contributed by atoms with Gasteiger partial charge in [0.25, 0.3) is 0 Å². The number of ether oxygens (including phenoxy) is 1. The summed E-state index contributed by atoms with van der Waals surface area (Å²) in [6.45, 7) is 3.05. The Morgan fingerprint density at radius 3 is 3.15 bits per heavy atom. The molecule has 1 aliphatic heterocycles. The first-order valence-electron chi connectivity index (χ1n) is 4.40. The lowest BCUT2D eigenvalue weighted by Gasteiger charge is -2.06. The molecule has 2 heterocycles. The lowest BCUT2D eigenvalue weighted by molar-refractivity contribution is 0.101. The maximum Gasteiger partial charge on any atom is 0.162 e. The van der Waals surface area contributed by atoms with E-state index in [1.165, 1.54) is 0 Å². The van der Waals surface area contributed by atoms with E-state index in [0.29, 0.717) is 18.2 Å². The van der Waals surface area contributed by atoms with E-state index in [1.54, 1.807) is 19.3 Å². The average molecular weight is 180 g/mol. The van der Waals surface area contributed by atoms with Crippen LogP contribution in [0, 0.1) is 0 Å². The van der Waals surface area contributed by atoms with Crippen molar-refractivity contribution in [2.75, 3.05) is 13.2 Å². The zero-order valence-corrected chi connectivity index (χ0v) is 7.56. The first kappa shape index (κ1) is 8.44. The molecule has 0 unspecified atom stereocenters. The fourth-order valence-electron chi connectivity index (χ4n) is 1.45. The van der Waals surface area contributed by atoms with Crippen molar-refractivity contribution in [1.29, 1.82) is 0 Å². The van der Waals surface area contributed by atoms with E-state index < -0.39 is 0 Å². The molecule has 0 amide bonds. The zero-order chi connectivity index (χ0) is 9.26. The van der Waals surface area contributed by atoms with Crippen molar-refractivity contribution in [2.24, 2.45) is 0 Å². The molecular formula is C9H12N2O2. The van der Waals surface area contributed by atoms with E-state index in [0.717, 1.165) is 13.0 Å². The summed E-state index contributed by atoms with van der Waals surface area (Å²) in [6, 6.07) is 0.313. The standard InChI is InChI=1S/C9H12N2O2/c1-7(12)8-4-10-11(5-8)9-2-3-13-6-9/h4-5,9H,2-3,6H2,1H3/t9-/m0/s1. The van der Waals surface area contributed by atoms with Gasteiger partial charge in [-0.1, -0.05) is 0 Å². The largest absolute Gasteiger partial charge is 0.379 e. The van der Waals surface area contributed by atoms with Gasteiger partial charge in [-0.3, -0.25) is 9.48 Å². The molecule has 70 valence electrons. The highest BCUT2D eigenvalue weighted by Gasteiger charge is 2.18. The predicted molar refractivity (Wildman–Crippen MR) is 46.7 cm³/mol. The Balaban J connectivity index is 2.16. The lowest BCUT2D eigenvalue weighted by atomic mass is 10.2. The minimum Gasteiger partial charge on any atom is -0.379 e. The fraction of sp³-hybridized carbons (Fsp3) is 0.556. The molecule has 1 atom stereocenters. The van der Waals surface area contributed by atoms with Crippen LogP contribution in [-0.2, 0) is 4.74 Å². The SMILES string of the molecule is CC(=O)c1cnn([C@H]2CCOC2)c1. The molecule has 0 aliphatic carbocycles. The third-order valence-electron chi connectivity index (χ3n) is 2.29. The molecule has 0 bridgehead atoms. The van der Waals surface area contributed by atoms with Gasteiger partial charge in [-0.2, -0.15) is 5.10 Å². The summed E-state index contributed by atoms with van der Waals surface area (Å²) in [7, 11) is 0. The van der Waals surface area contributed by atoms with Crippen LogP contribution in [0.2, 0.25) is 0 Å². The normalized spacial score (nSPS) is 22.1. The number of carbonyl (C=O) groups is 1. The Bertz CT molecular complexity index is 313. The second-order valence-electron chi connectivity index (χ2n) is 3.28. The fourth-order valence-corrected chi connectivity index (χ4v) is 1.45. The van der Waals surface area contributed by atoms with Crippen molar-refractivity contribution in [3.05, 3.63) is 18.0 Å². The maximum absolute atomic E-state index is 11.0. The van der Waals surface area contributed by atoms with Crippen molar-refractivity contribution >= 4 is 5.78 Å². The third kappa shape index (κ3) is 1.62. The summed E-state index contributed by atoms with van der Waals surface area (Å²) in [4.78, 5) is 11.0. The minimum atomic E-state index is 0.0603. The Kier molecular flexibility index (Phi) is 2.14. The number of Topliss-reactive ketones (excluding diaryl/α,β-unsaturated/α-hetero) is 1. The Hall–Kier alpha value is -1.16.